The predicted octanol–water partition coefficient (Wildman–Crippen LogP) is 2.65. The fourth-order valence-corrected chi connectivity index (χ4v) is 3.64. The molecule has 1 aromatic heterocycles. The van der Waals surface area contributed by atoms with Crippen LogP contribution in [0.1, 0.15) is 18.9 Å². The van der Waals surface area contributed by atoms with E-state index in [1.807, 2.05) is 6.07 Å². The van der Waals surface area contributed by atoms with Crippen LogP contribution in [0.2, 0.25) is 0 Å². The topological polar surface area (TPSA) is 110 Å². The molecule has 3 rings (SSSR count). The highest BCUT2D eigenvalue weighted by Crippen LogP contribution is 2.35. The zero-order valence-corrected chi connectivity index (χ0v) is 15.5. The molecule has 0 spiro atoms. The number of nitrogens with zero attached hydrogens (tertiary/aromatic N) is 1. The minimum absolute atomic E-state index is 0.728. The smallest absolute Gasteiger partial charge is 0.329 e. The number of benzene rings is 1. The number of hydrogen-bond donors (Lipinski definition) is 4. The minimum Gasteiger partial charge on any atom is -0.329 e. The first-order valence-corrected chi connectivity index (χ1v) is 10.2. The molecular formula is C16H21N2O5PS. The summed E-state index contributed by atoms with van der Waals surface area (Å²) in [5.41, 5.74) is 3.62. The van der Waals surface area contributed by atoms with Gasteiger partial charge in [0.25, 0.3) is 0 Å². The molecule has 0 fully saturated rings. The molecule has 0 saturated heterocycles. The Morgan fingerprint density at radius 1 is 1.36 bits per heavy atom. The number of carbonyl (C=O) groups excluding carboxylic acids is 1. The van der Waals surface area contributed by atoms with Gasteiger partial charge < -0.3 is 20.0 Å². The highest BCUT2D eigenvalue weighted by molar-refractivity contribution is 7.45. The highest BCUT2D eigenvalue weighted by atomic mass is 32.1. The molecule has 1 aromatic carbocycles. The Balaban J connectivity index is 0.000000399. The second-order valence-corrected chi connectivity index (χ2v) is 7.45. The van der Waals surface area contributed by atoms with Crippen LogP contribution in [-0.4, -0.2) is 45.6 Å². The van der Waals surface area contributed by atoms with E-state index in [0.717, 1.165) is 38.2 Å². The third-order valence-electron chi connectivity index (χ3n) is 3.89. The zero-order valence-electron chi connectivity index (χ0n) is 13.8. The van der Waals surface area contributed by atoms with Crippen molar-refractivity contribution < 1.29 is 24.0 Å². The van der Waals surface area contributed by atoms with E-state index in [1.165, 1.54) is 21.2 Å². The third-order valence-corrected chi connectivity index (χ3v) is 4.85. The Morgan fingerprint density at radius 2 is 2.08 bits per heavy atom. The molecule has 1 aliphatic rings. The quantitative estimate of drug-likeness (QED) is 0.477. The molecule has 2 heterocycles. The van der Waals surface area contributed by atoms with Crippen LogP contribution >= 0.6 is 19.2 Å². The Bertz CT molecular complexity index is 806. The van der Waals surface area contributed by atoms with Crippen LogP contribution in [0, 0.1) is 0 Å². The van der Waals surface area contributed by atoms with Gasteiger partial charge in [0.05, 0.1) is 0 Å². The Morgan fingerprint density at radius 3 is 2.64 bits per heavy atom. The molecule has 0 radical (unpaired) electrons. The summed E-state index contributed by atoms with van der Waals surface area (Å²) in [7, 11) is -4.64. The lowest BCUT2D eigenvalue weighted by atomic mass is 9.98. The van der Waals surface area contributed by atoms with E-state index in [2.05, 4.69) is 40.7 Å². The lowest BCUT2D eigenvalue weighted by Crippen LogP contribution is -2.27. The number of anilines is 1. The van der Waals surface area contributed by atoms with Gasteiger partial charge in [0.1, 0.15) is 0 Å². The summed E-state index contributed by atoms with van der Waals surface area (Å²) >= 11 is 1.77. The van der Waals surface area contributed by atoms with E-state index in [-0.39, 0.29) is 0 Å². The first-order chi connectivity index (χ1) is 11.8. The molecule has 0 unspecified atom stereocenters. The van der Waals surface area contributed by atoms with Crippen molar-refractivity contribution in [3.63, 3.8) is 0 Å². The van der Waals surface area contributed by atoms with E-state index in [0.29, 0.717) is 0 Å². The van der Waals surface area contributed by atoms with Gasteiger partial charge in [-0.15, -0.1) is 11.3 Å². The Labute approximate surface area is 149 Å². The molecule has 1 aliphatic heterocycles. The molecule has 136 valence electrons. The first kappa shape index (κ1) is 19.8. The van der Waals surface area contributed by atoms with E-state index < -0.39 is 7.82 Å². The van der Waals surface area contributed by atoms with E-state index >= 15 is 0 Å². The van der Waals surface area contributed by atoms with Gasteiger partial charge >= 0.3 is 7.82 Å². The summed E-state index contributed by atoms with van der Waals surface area (Å²) in [5.74, 6) is 0. The maximum Gasteiger partial charge on any atom is 0.466 e. The van der Waals surface area contributed by atoms with Crippen LogP contribution in [0.25, 0.3) is 15.7 Å². The maximum atomic E-state index is 10.6. The summed E-state index contributed by atoms with van der Waals surface area (Å²) in [6.07, 6.45) is 4.17. The molecule has 7 nitrogen and oxygen atoms in total. The average Bonchev–Trinajstić information content (AvgIpc) is 2.97. The summed E-state index contributed by atoms with van der Waals surface area (Å²) < 4.78 is 10.2. The van der Waals surface area contributed by atoms with Gasteiger partial charge in [-0.1, -0.05) is 13.0 Å². The van der Waals surface area contributed by atoms with Crippen LogP contribution in [0.4, 0.5) is 5.69 Å². The van der Waals surface area contributed by atoms with Crippen molar-refractivity contribution in [1.82, 2.24) is 4.90 Å². The number of thiophene rings is 1. The number of nitrogens with one attached hydrogen (secondary N) is 1. The van der Waals surface area contributed by atoms with Crippen LogP contribution in [0.5, 0.6) is 0 Å². The maximum absolute atomic E-state index is 10.6. The monoisotopic (exact) mass is 384 g/mol. The van der Waals surface area contributed by atoms with E-state index in [1.54, 1.807) is 11.3 Å². The van der Waals surface area contributed by atoms with Crippen LogP contribution in [0.3, 0.4) is 0 Å². The SMILES string of the molecule is CCN1CC=C(c2csc3ccc(NC=O)cc23)CC1.O=P(O)(O)O. The molecule has 25 heavy (non-hydrogen) atoms. The Hall–Kier alpha value is -1.54. The second kappa shape index (κ2) is 8.71. The molecule has 2 aromatic rings. The van der Waals surface area contributed by atoms with Crippen LogP contribution in [0.15, 0.2) is 29.7 Å². The number of fused-ring (bicyclic) bond motifs is 1. The molecule has 0 aliphatic carbocycles. The lowest BCUT2D eigenvalue weighted by molar-refractivity contribution is -0.105. The zero-order chi connectivity index (χ0) is 18.4. The van der Waals surface area contributed by atoms with Crippen molar-refractivity contribution in [2.45, 2.75) is 13.3 Å². The van der Waals surface area contributed by atoms with E-state index in [4.69, 9.17) is 19.2 Å². The van der Waals surface area contributed by atoms with Gasteiger partial charge in [-0.3, -0.25) is 9.69 Å². The highest BCUT2D eigenvalue weighted by Gasteiger charge is 2.14. The van der Waals surface area contributed by atoms with Gasteiger partial charge in [-0.2, -0.15) is 0 Å². The first-order valence-electron chi connectivity index (χ1n) is 7.73. The molecule has 0 bridgehead atoms. The number of hydrogen-bond acceptors (Lipinski definition) is 4. The number of carbonyl (C=O) groups is 1. The number of amides is 1. The number of likely N-dealkylation sites (N-methyl/N-ethyl adjacent to an activating group) is 1. The van der Waals surface area contributed by atoms with E-state index in [9.17, 15) is 4.79 Å². The third kappa shape index (κ3) is 6.04. The van der Waals surface area contributed by atoms with Crippen LogP contribution < -0.4 is 5.32 Å². The van der Waals surface area contributed by atoms with Crippen molar-refractivity contribution in [2.75, 3.05) is 25.0 Å². The summed E-state index contributed by atoms with van der Waals surface area (Å²) in [5, 5.41) is 6.22. The molecular weight excluding hydrogens is 363 g/mol. The van der Waals surface area contributed by atoms with Crippen molar-refractivity contribution >= 4 is 46.9 Å². The molecule has 9 heteroatoms. The average molecular weight is 384 g/mol. The normalized spacial score (nSPS) is 15.3. The Kier molecular flexibility index (Phi) is 6.89. The fourth-order valence-electron chi connectivity index (χ4n) is 2.68. The largest absolute Gasteiger partial charge is 0.466 e. The van der Waals surface area contributed by atoms with Gasteiger partial charge in [0, 0.05) is 28.9 Å². The lowest BCUT2D eigenvalue weighted by Gasteiger charge is -2.24. The van der Waals surface area contributed by atoms with Crippen molar-refractivity contribution in [1.29, 1.82) is 0 Å². The van der Waals surface area contributed by atoms with Gasteiger partial charge in [-0.05, 0) is 47.7 Å². The van der Waals surface area contributed by atoms with Gasteiger partial charge in [0.15, 0.2) is 0 Å². The van der Waals surface area contributed by atoms with Crippen molar-refractivity contribution in [2.24, 2.45) is 0 Å². The second-order valence-electron chi connectivity index (χ2n) is 5.51. The minimum atomic E-state index is -4.64. The molecule has 0 saturated carbocycles. The summed E-state index contributed by atoms with van der Waals surface area (Å²) in [6, 6.07) is 6.10. The number of rotatable bonds is 4. The molecule has 1 amide bonds. The standard InChI is InChI=1S/C16H18N2OS.H3O4P/c1-2-18-7-5-12(6-8-18)15-10-20-16-4-3-13(17-11-19)9-14(15)16;1-5(2,3)4/h3-5,9-11H,2,6-8H2,1H3,(H,17,19);(H3,1,2,3,4). The summed E-state index contributed by atoms with van der Waals surface area (Å²) in [4.78, 5) is 34.6. The number of phosphoric acid groups is 1. The van der Waals surface area contributed by atoms with Crippen molar-refractivity contribution in [3.05, 3.63) is 35.2 Å². The fraction of sp³-hybridized carbons (Fsp3) is 0.312. The van der Waals surface area contributed by atoms with Crippen LogP contribution in [-0.2, 0) is 9.36 Å². The summed E-state index contributed by atoms with van der Waals surface area (Å²) in [6.45, 7) is 5.49. The van der Waals surface area contributed by atoms with Gasteiger partial charge in [0.2, 0.25) is 6.41 Å². The predicted molar refractivity (Wildman–Crippen MR) is 100 cm³/mol. The molecule has 0 atom stereocenters. The van der Waals surface area contributed by atoms with Gasteiger partial charge in [-0.25, -0.2) is 4.57 Å². The molecule has 4 N–H and O–H groups in total. The van der Waals surface area contributed by atoms with Crippen molar-refractivity contribution in [3.8, 4) is 0 Å².